The molecule has 3 N–H and O–H groups in total. The highest BCUT2D eigenvalue weighted by molar-refractivity contribution is 7.80. The number of hydrogen-bond donors (Lipinski definition) is 3. The summed E-state index contributed by atoms with van der Waals surface area (Å²) in [6.45, 7) is 6.50. The summed E-state index contributed by atoms with van der Waals surface area (Å²) in [6, 6.07) is 5.50. The molecule has 0 radical (unpaired) electrons. The molecule has 0 saturated heterocycles. The molecule has 5 nitrogen and oxygen atoms in total. The molecule has 0 spiro atoms. The molecule has 0 bridgehead atoms. The Morgan fingerprint density at radius 3 is 2.06 bits per heavy atom. The van der Waals surface area contributed by atoms with Crippen LogP contribution in [0.1, 0.15) is 121 Å². The molecule has 35 heavy (non-hydrogen) atoms. The molecule has 0 aromatic heterocycles. The molecule has 1 unspecified atom stereocenters. The van der Waals surface area contributed by atoms with E-state index in [4.69, 9.17) is 17.0 Å². The number of aryl methyl sites for hydroxylation is 1. The zero-order valence-electron chi connectivity index (χ0n) is 22.1. The van der Waals surface area contributed by atoms with Crippen molar-refractivity contribution in [2.24, 2.45) is 0 Å². The molecule has 1 aromatic carbocycles. The van der Waals surface area contributed by atoms with Gasteiger partial charge in [-0.3, -0.25) is 0 Å². The van der Waals surface area contributed by atoms with E-state index in [1.54, 1.807) is 6.92 Å². The van der Waals surface area contributed by atoms with Gasteiger partial charge in [0.1, 0.15) is 5.75 Å². The molecule has 196 valence electrons. The highest BCUT2D eigenvalue weighted by atomic mass is 32.1. The predicted octanol–water partition coefficient (Wildman–Crippen LogP) is 7.60. The van der Waals surface area contributed by atoms with Gasteiger partial charge in [-0.05, 0) is 50.5 Å². The first-order valence-corrected chi connectivity index (χ1v) is 14.2. The lowest BCUT2D eigenvalue weighted by molar-refractivity contribution is -0.133. The summed E-state index contributed by atoms with van der Waals surface area (Å²) in [7, 11) is 0. The van der Waals surface area contributed by atoms with Crippen LogP contribution in [0.2, 0.25) is 0 Å². The maximum absolute atomic E-state index is 12.1. The van der Waals surface area contributed by atoms with Crippen molar-refractivity contribution in [3.05, 3.63) is 40.6 Å². The van der Waals surface area contributed by atoms with Crippen LogP contribution in [0.4, 0.5) is 0 Å². The number of benzene rings is 1. The normalized spacial score (nSPS) is 15.6. The molecule has 1 atom stereocenters. The van der Waals surface area contributed by atoms with Crippen LogP contribution in [0.5, 0.6) is 5.75 Å². The number of thiocarbonyl (C=S) groups is 1. The quantitative estimate of drug-likeness (QED) is 0.142. The zero-order valence-corrected chi connectivity index (χ0v) is 22.9. The third-order valence-electron chi connectivity index (χ3n) is 6.79. The van der Waals surface area contributed by atoms with Gasteiger partial charge in [0.25, 0.3) is 0 Å². The average Bonchev–Trinajstić information content (AvgIpc) is 2.81. The Morgan fingerprint density at radius 1 is 0.943 bits per heavy atom. The van der Waals surface area contributed by atoms with E-state index < -0.39 is 12.0 Å². The second kappa shape index (κ2) is 16.6. The van der Waals surface area contributed by atoms with Gasteiger partial charge in [0, 0.05) is 11.3 Å². The van der Waals surface area contributed by atoms with Crippen molar-refractivity contribution in [3.8, 4) is 5.75 Å². The van der Waals surface area contributed by atoms with E-state index in [-0.39, 0.29) is 5.57 Å². The number of nitrogens with one attached hydrogen (secondary N) is 2. The SMILES string of the molecule is CCCCCCCCCCCCCCCc1cccc(OCC)c1C1NC(=S)NC(C)=C1C(=O)O. The third kappa shape index (κ3) is 9.83. The topological polar surface area (TPSA) is 70.6 Å². The van der Waals surface area contributed by atoms with E-state index in [2.05, 4.69) is 23.6 Å². The number of aliphatic carboxylic acids is 1. The minimum Gasteiger partial charge on any atom is -0.493 e. The standard InChI is InChI=1S/C29H46N2O3S/c1-4-6-7-8-9-10-11-12-13-14-15-16-17-19-23-20-18-21-24(34-5-2)26(23)27-25(28(32)33)22(3)30-29(35)31-27/h18,20-21,27H,4-17,19H2,1-3H3,(H,32,33)(H2,30,31,35). The molecule has 2 rings (SSSR count). The second-order valence-electron chi connectivity index (χ2n) is 9.63. The molecular formula is C29H46N2O3S. The summed E-state index contributed by atoms with van der Waals surface area (Å²) in [5, 5.41) is 16.5. The van der Waals surface area contributed by atoms with Crippen LogP contribution in [-0.4, -0.2) is 22.8 Å². The minimum absolute atomic E-state index is 0.289. The highest BCUT2D eigenvalue weighted by Crippen LogP contribution is 2.36. The van der Waals surface area contributed by atoms with Gasteiger partial charge >= 0.3 is 5.97 Å². The van der Waals surface area contributed by atoms with E-state index in [1.165, 1.54) is 77.0 Å². The molecular weight excluding hydrogens is 456 g/mol. The fourth-order valence-corrected chi connectivity index (χ4v) is 5.21. The summed E-state index contributed by atoms with van der Waals surface area (Å²) in [6.07, 6.45) is 18.1. The maximum atomic E-state index is 12.1. The summed E-state index contributed by atoms with van der Waals surface area (Å²) in [4.78, 5) is 12.1. The first-order valence-electron chi connectivity index (χ1n) is 13.8. The number of unbranched alkanes of at least 4 members (excludes halogenated alkanes) is 12. The third-order valence-corrected chi connectivity index (χ3v) is 7.01. The first-order chi connectivity index (χ1) is 17.0. The number of carboxylic acids is 1. The van der Waals surface area contributed by atoms with Crippen molar-refractivity contribution in [1.82, 2.24) is 10.6 Å². The van der Waals surface area contributed by atoms with Gasteiger partial charge in [-0.1, -0.05) is 96.1 Å². The number of rotatable bonds is 18. The van der Waals surface area contributed by atoms with Crippen LogP contribution in [0.25, 0.3) is 0 Å². The van der Waals surface area contributed by atoms with Gasteiger partial charge in [-0.25, -0.2) is 4.79 Å². The van der Waals surface area contributed by atoms with Crippen molar-refractivity contribution in [1.29, 1.82) is 0 Å². The zero-order chi connectivity index (χ0) is 25.5. The van der Waals surface area contributed by atoms with Crippen LogP contribution < -0.4 is 15.4 Å². The molecule has 1 aromatic rings. The lowest BCUT2D eigenvalue weighted by Gasteiger charge is -2.31. The van der Waals surface area contributed by atoms with Crippen molar-refractivity contribution < 1.29 is 14.6 Å². The first kappa shape index (κ1) is 29.2. The Labute approximate surface area is 218 Å². The summed E-state index contributed by atoms with van der Waals surface area (Å²) >= 11 is 5.36. The largest absolute Gasteiger partial charge is 0.493 e. The van der Waals surface area contributed by atoms with E-state index in [9.17, 15) is 9.90 Å². The molecule has 1 aliphatic heterocycles. The fourth-order valence-electron chi connectivity index (χ4n) is 4.94. The Balaban J connectivity index is 1.88. The highest BCUT2D eigenvalue weighted by Gasteiger charge is 2.33. The number of hydrogen-bond acceptors (Lipinski definition) is 3. The summed E-state index contributed by atoms with van der Waals surface area (Å²) in [5.41, 5.74) is 2.89. The lowest BCUT2D eigenvalue weighted by atomic mass is 9.89. The molecule has 0 saturated carbocycles. The van der Waals surface area contributed by atoms with Crippen LogP contribution in [0.15, 0.2) is 29.5 Å². The lowest BCUT2D eigenvalue weighted by Crippen LogP contribution is -2.45. The average molecular weight is 503 g/mol. The van der Waals surface area contributed by atoms with Gasteiger partial charge in [0.2, 0.25) is 0 Å². The van der Waals surface area contributed by atoms with Crippen LogP contribution >= 0.6 is 12.2 Å². The van der Waals surface area contributed by atoms with Crippen LogP contribution in [0, 0.1) is 0 Å². The Kier molecular flexibility index (Phi) is 13.8. The summed E-state index contributed by atoms with van der Waals surface area (Å²) < 4.78 is 5.93. The number of carboxylic acid groups (broad SMARTS) is 1. The fraction of sp³-hybridized carbons (Fsp3) is 0.655. The summed E-state index contributed by atoms with van der Waals surface area (Å²) in [5.74, 6) is -0.221. The van der Waals surface area contributed by atoms with Crippen LogP contribution in [0.3, 0.4) is 0 Å². The second-order valence-corrected chi connectivity index (χ2v) is 10.0. The Bertz CT molecular complexity index is 837. The van der Waals surface area contributed by atoms with Gasteiger partial charge < -0.3 is 20.5 Å². The smallest absolute Gasteiger partial charge is 0.335 e. The molecule has 0 aliphatic carbocycles. The number of allylic oxidation sites excluding steroid dienone is 1. The van der Waals surface area contributed by atoms with Crippen molar-refractivity contribution >= 4 is 23.3 Å². The Hall–Kier alpha value is -2.08. The van der Waals surface area contributed by atoms with Crippen molar-refractivity contribution in [2.45, 2.75) is 117 Å². The molecule has 6 heteroatoms. The van der Waals surface area contributed by atoms with Crippen LogP contribution in [-0.2, 0) is 11.2 Å². The number of carbonyl (C=O) groups is 1. The van der Waals surface area contributed by atoms with E-state index >= 15 is 0 Å². The van der Waals surface area contributed by atoms with Crippen molar-refractivity contribution in [3.63, 3.8) is 0 Å². The van der Waals surface area contributed by atoms with Gasteiger partial charge in [-0.15, -0.1) is 0 Å². The van der Waals surface area contributed by atoms with E-state index in [1.807, 2.05) is 19.1 Å². The minimum atomic E-state index is -0.951. The van der Waals surface area contributed by atoms with E-state index in [0.29, 0.717) is 17.4 Å². The molecule has 0 amide bonds. The van der Waals surface area contributed by atoms with Gasteiger partial charge in [0.05, 0.1) is 18.2 Å². The molecule has 1 aliphatic rings. The maximum Gasteiger partial charge on any atom is 0.335 e. The van der Waals surface area contributed by atoms with Gasteiger partial charge in [-0.2, -0.15) is 0 Å². The predicted molar refractivity (Wildman–Crippen MR) is 149 cm³/mol. The molecule has 1 heterocycles. The van der Waals surface area contributed by atoms with E-state index in [0.717, 1.165) is 29.7 Å². The monoisotopic (exact) mass is 502 g/mol. The molecule has 0 fully saturated rings. The van der Waals surface area contributed by atoms with Crippen molar-refractivity contribution in [2.75, 3.05) is 6.61 Å². The Morgan fingerprint density at radius 2 is 1.51 bits per heavy atom. The van der Waals surface area contributed by atoms with Gasteiger partial charge in [0.15, 0.2) is 5.11 Å². The number of ether oxygens (including phenoxy) is 1.